The van der Waals surface area contributed by atoms with E-state index in [2.05, 4.69) is 5.32 Å². The molecule has 3 saturated heterocycles. The third kappa shape index (κ3) is 2.42. The average molecular weight is 480 g/mol. The van der Waals surface area contributed by atoms with Gasteiger partial charge >= 0.3 is 5.97 Å². The Morgan fingerprint density at radius 1 is 1.18 bits per heavy atom. The second kappa shape index (κ2) is 7.13. The summed E-state index contributed by atoms with van der Waals surface area (Å²) in [4.78, 5) is 57.3. The SMILES string of the molecule is COC(=O)c1ccccc1N1C(=O)[C@@H]2[C@H]3CCCN3[C@]3(C(=O)Nc4c(Cl)cc(C)cc43)[C@H]2C1=O. The third-order valence-electron chi connectivity index (χ3n) is 7.75. The van der Waals surface area contributed by atoms with E-state index in [-0.39, 0.29) is 29.1 Å². The van der Waals surface area contributed by atoms with E-state index in [9.17, 15) is 19.2 Å². The van der Waals surface area contributed by atoms with Crippen molar-refractivity contribution in [2.75, 3.05) is 23.9 Å². The number of imide groups is 1. The molecule has 174 valence electrons. The second-order valence-corrected chi connectivity index (χ2v) is 9.72. The molecule has 6 rings (SSSR count). The average Bonchev–Trinajstić information content (AvgIpc) is 3.52. The zero-order valence-electron chi connectivity index (χ0n) is 18.6. The fraction of sp³-hybridized carbons (Fsp3) is 0.360. The number of rotatable bonds is 2. The summed E-state index contributed by atoms with van der Waals surface area (Å²) in [5.74, 6) is -3.47. The summed E-state index contributed by atoms with van der Waals surface area (Å²) in [5, 5.41) is 3.32. The lowest BCUT2D eigenvalue weighted by Gasteiger charge is -2.37. The quantitative estimate of drug-likeness (QED) is 0.525. The maximum atomic E-state index is 14.1. The van der Waals surface area contributed by atoms with Crippen molar-refractivity contribution in [1.29, 1.82) is 0 Å². The van der Waals surface area contributed by atoms with E-state index < -0.39 is 29.3 Å². The molecule has 8 nitrogen and oxygen atoms in total. The first-order valence-corrected chi connectivity index (χ1v) is 11.6. The number of nitrogens with one attached hydrogen (secondary N) is 1. The van der Waals surface area contributed by atoms with Crippen LogP contribution in [0.1, 0.15) is 34.3 Å². The third-order valence-corrected chi connectivity index (χ3v) is 8.05. The Hall–Kier alpha value is -3.23. The fourth-order valence-electron chi connectivity index (χ4n) is 6.58. The van der Waals surface area contributed by atoms with Gasteiger partial charge in [-0.1, -0.05) is 29.8 Å². The van der Waals surface area contributed by atoms with Crippen LogP contribution in [0.4, 0.5) is 11.4 Å². The summed E-state index contributed by atoms with van der Waals surface area (Å²) >= 11 is 6.50. The number of halogens is 1. The molecule has 4 aliphatic rings. The number of methoxy groups -OCH3 is 1. The molecule has 0 saturated carbocycles. The van der Waals surface area contributed by atoms with E-state index in [1.165, 1.54) is 13.2 Å². The molecule has 1 spiro atoms. The Kier molecular flexibility index (Phi) is 4.47. The van der Waals surface area contributed by atoms with Crippen molar-refractivity contribution in [1.82, 2.24) is 4.90 Å². The van der Waals surface area contributed by atoms with Gasteiger partial charge in [0, 0.05) is 11.6 Å². The lowest BCUT2D eigenvalue weighted by molar-refractivity contribution is -0.135. The maximum absolute atomic E-state index is 14.1. The Bertz CT molecular complexity index is 1310. The van der Waals surface area contributed by atoms with Crippen LogP contribution in [0.15, 0.2) is 36.4 Å². The first-order chi connectivity index (χ1) is 16.3. The molecule has 34 heavy (non-hydrogen) atoms. The van der Waals surface area contributed by atoms with E-state index in [4.69, 9.17) is 16.3 Å². The number of nitrogens with zero attached hydrogens (tertiary/aromatic N) is 2. The number of hydrogen-bond donors (Lipinski definition) is 1. The van der Waals surface area contributed by atoms with Crippen molar-refractivity contribution in [2.45, 2.75) is 31.3 Å². The highest BCUT2D eigenvalue weighted by molar-refractivity contribution is 6.35. The van der Waals surface area contributed by atoms with Gasteiger partial charge in [-0.2, -0.15) is 0 Å². The number of hydrogen-bond acceptors (Lipinski definition) is 6. The van der Waals surface area contributed by atoms with Crippen molar-refractivity contribution in [3.8, 4) is 0 Å². The standard InChI is InChI=1S/C25H22ClN3O5/c1-12-10-14-20(15(26)11-12)27-24(33)25(14)19-18(17-8-5-9-28(17)25)21(30)29(22(19)31)16-7-4-3-6-13(16)23(32)34-2/h3-4,6-7,10-11,17-19H,5,8-9H2,1-2H3,(H,27,33)/t17-,18-,19-,25+/m1/s1. The largest absolute Gasteiger partial charge is 0.465 e. The van der Waals surface area contributed by atoms with Crippen LogP contribution in [0.5, 0.6) is 0 Å². The van der Waals surface area contributed by atoms with Gasteiger partial charge in [0.1, 0.15) is 5.54 Å². The molecular weight excluding hydrogens is 458 g/mol. The smallest absolute Gasteiger partial charge is 0.339 e. The molecule has 4 aliphatic heterocycles. The van der Waals surface area contributed by atoms with Crippen molar-refractivity contribution < 1.29 is 23.9 Å². The number of carbonyl (C=O) groups is 4. The number of fused-ring (bicyclic) bond motifs is 7. The van der Waals surface area contributed by atoms with Crippen LogP contribution in [-0.2, 0) is 24.7 Å². The molecule has 3 fully saturated rings. The van der Waals surface area contributed by atoms with Gasteiger partial charge in [-0.05, 0) is 50.1 Å². The molecule has 0 aromatic heterocycles. The van der Waals surface area contributed by atoms with Crippen molar-refractivity contribution in [3.63, 3.8) is 0 Å². The number of amides is 3. The number of carbonyl (C=O) groups excluding carboxylic acids is 4. The highest BCUT2D eigenvalue weighted by atomic mass is 35.5. The van der Waals surface area contributed by atoms with Crippen LogP contribution in [-0.4, -0.2) is 48.3 Å². The molecule has 0 unspecified atom stereocenters. The van der Waals surface area contributed by atoms with Gasteiger partial charge in [-0.15, -0.1) is 0 Å². The first-order valence-electron chi connectivity index (χ1n) is 11.3. The summed E-state index contributed by atoms with van der Waals surface area (Å²) in [6.07, 6.45) is 1.52. The van der Waals surface area contributed by atoms with E-state index in [0.29, 0.717) is 29.2 Å². The predicted molar refractivity (Wildman–Crippen MR) is 123 cm³/mol. The maximum Gasteiger partial charge on any atom is 0.339 e. The number of para-hydroxylation sites is 1. The molecule has 4 atom stereocenters. The molecule has 1 N–H and O–H groups in total. The number of benzene rings is 2. The normalized spacial score (nSPS) is 29.4. The lowest BCUT2D eigenvalue weighted by atomic mass is 9.75. The molecule has 4 heterocycles. The first kappa shape index (κ1) is 21.3. The van der Waals surface area contributed by atoms with Crippen molar-refractivity contribution >= 4 is 46.7 Å². The summed E-state index contributed by atoms with van der Waals surface area (Å²) in [6, 6.07) is 9.79. The van der Waals surface area contributed by atoms with Crippen LogP contribution in [0.3, 0.4) is 0 Å². The molecule has 0 aliphatic carbocycles. The molecule has 2 aromatic rings. The number of anilines is 2. The zero-order chi connectivity index (χ0) is 23.9. The van der Waals surface area contributed by atoms with Gasteiger partial charge in [0.05, 0.1) is 40.9 Å². The monoisotopic (exact) mass is 479 g/mol. The van der Waals surface area contributed by atoms with Gasteiger partial charge in [0.15, 0.2) is 0 Å². The molecule has 2 aromatic carbocycles. The van der Waals surface area contributed by atoms with E-state index >= 15 is 0 Å². The predicted octanol–water partition coefficient (Wildman–Crippen LogP) is 2.87. The number of esters is 1. The summed E-state index contributed by atoms with van der Waals surface area (Å²) < 4.78 is 4.88. The van der Waals surface area contributed by atoms with Gasteiger partial charge in [-0.3, -0.25) is 19.3 Å². The van der Waals surface area contributed by atoms with E-state index in [1.54, 1.807) is 24.3 Å². The van der Waals surface area contributed by atoms with Crippen molar-refractivity contribution in [3.05, 3.63) is 58.1 Å². The van der Waals surface area contributed by atoms with Crippen molar-refractivity contribution in [2.24, 2.45) is 11.8 Å². The van der Waals surface area contributed by atoms with Crippen LogP contribution in [0.2, 0.25) is 5.02 Å². The van der Waals surface area contributed by atoms with Crippen LogP contribution in [0.25, 0.3) is 0 Å². The van der Waals surface area contributed by atoms with E-state index in [0.717, 1.165) is 16.9 Å². The number of aryl methyl sites for hydroxylation is 1. The van der Waals surface area contributed by atoms with E-state index in [1.807, 2.05) is 17.9 Å². The Morgan fingerprint density at radius 3 is 2.71 bits per heavy atom. The lowest BCUT2D eigenvalue weighted by Crippen LogP contribution is -2.54. The summed E-state index contributed by atoms with van der Waals surface area (Å²) in [6.45, 7) is 2.49. The minimum absolute atomic E-state index is 0.124. The fourth-order valence-corrected chi connectivity index (χ4v) is 6.91. The Morgan fingerprint density at radius 2 is 1.94 bits per heavy atom. The summed E-state index contributed by atoms with van der Waals surface area (Å²) in [5.41, 5.74) is 0.990. The Labute approximate surface area is 200 Å². The topological polar surface area (TPSA) is 96.0 Å². The molecule has 3 amide bonds. The van der Waals surface area contributed by atoms with Gasteiger partial charge in [-0.25, -0.2) is 9.69 Å². The van der Waals surface area contributed by atoms with Crippen LogP contribution >= 0.6 is 11.6 Å². The minimum Gasteiger partial charge on any atom is -0.465 e. The highest BCUT2D eigenvalue weighted by Crippen LogP contribution is 2.61. The van der Waals surface area contributed by atoms with Gasteiger partial charge < -0.3 is 10.1 Å². The summed E-state index contributed by atoms with van der Waals surface area (Å²) in [7, 11) is 1.25. The molecule has 9 heteroatoms. The zero-order valence-corrected chi connectivity index (χ0v) is 19.4. The number of ether oxygens (including phenoxy) is 1. The second-order valence-electron chi connectivity index (χ2n) is 9.32. The Balaban J connectivity index is 1.57. The van der Waals surface area contributed by atoms with Crippen LogP contribution in [0, 0.1) is 18.8 Å². The highest BCUT2D eigenvalue weighted by Gasteiger charge is 2.75. The molecule has 0 bridgehead atoms. The molecule has 0 radical (unpaired) electrons. The molecular formula is C25H22ClN3O5. The van der Waals surface area contributed by atoms with Gasteiger partial charge in [0.2, 0.25) is 11.8 Å². The minimum atomic E-state index is -1.32. The van der Waals surface area contributed by atoms with Gasteiger partial charge in [0.25, 0.3) is 5.91 Å². The van der Waals surface area contributed by atoms with Crippen LogP contribution < -0.4 is 10.2 Å².